The van der Waals surface area contributed by atoms with E-state index in [2.05, 4.69) is 0 Å². The van der Waals surface area contributed by atoms with Crippen molar-refractivity contribution >= 4 is 23.3 Å². The van der Waals surface area contributed by atoms with Crippen LogP contribution in [0.25, 0.3) is 0 Å². The molecule has 2 aliphatic rings. The second kappa shape index (κ2) is 8.27. The molecule has 0 N–H and O–H groups in total. The molecule has 0 spiro atoms. The maximum absolute atomic E-state index is 13.2. The number of fused-ring (bicyclic) bond motifs is 1. The van der Waals surface area contributed by atoms with Crippen molar-refractivity contribution in [1.29, 1.82) is 0 Å². The summed E-state index contributed by atoms with van der Waals surface area (Å²) in [6, 6.07) is 28.6. The highest BCUT2D eigenvalue weighted by Crippen LogP contribution is 2.45. The molecule has 164 valence electrons. The van der Waals surface area contributed by atoms with Gasteiger partial charge in [-0.05, 0) is 12.1 Å². The number of hydrogen-bond acceptors (Lipinski definition) is 7. The number of benzene rings is 3. The van der Waals surface area contributed by atoms with Gasteiger partial charge in [-0.15, -0.1) is 0 Å². The third-order valence-corrected chi connectivity index (χ3v) is 5.66. The number of ether oxygens (including phenoxy) is 2. The predicted molar refractivity (Wildman–Crippen MR) is 123 cm³/mol. The van der Waals surface area contributed by atoms with Crippen LogP contribution in [0.4, 0.5) is 5.69 Å². The fraction of sp³-hybridized carbons (Fsp3) is 0.115. The Morgan fingerprint density at radius 1 is 0.970 bits per heavy atom. The number of hydrazone groups is 1. The molecule has 0 radical (unpaired) electrons. The van der Waals surface area contributed by atoms with E-state index in [1.54, 1.807) is 9.91 Å². The first-order valence-electron chi connectivity index (χ1n) is 10.5. The van der Waals surface area contributed by atoms with Gasteiger partial charge in [0.05, 0.1) is 18.9 Å². The van der Waals surface area contributed by atoms with Gasteiger partial charge in [0.25, 0.3) is 5.72 Å². The van der Waals surface area contributed by atoms with Crippen molar-refractivity contribution in [1.82, 2.24) is 4.90 Å². The van der Waals surface area contributed by atoms with Crippen molar-refractivity contribution in [2.75, 3.05) is 18.8 Å². The number of nitrogens with zero attached hydrogens (tertiary/aromatic N) is 3. The molecule has 1 atom stereocenters. The lowest BCUT2D eigenvalue weighted by molar-refractivity contribution is -0.146. The van der Waals surface area contributed by atoms with Gasteiger partial charge in [0.2, 0.25) is 0 Å². The summed E-state index contributed by atoms with van der Waals surface area (Å²) in [4.78, 5) is 27.1. The lowest BCUT2D eigenvalue weighted by Gasteiger charge is -2.44. The van der Waals surface area contributed by atoms with Crippen molar-refractivity contribution in [3.8, 4) is 0 Å². The summed E-state index contributed by atoms with van der Waals surface area (Å²) in [6.45, 7) is 0.184. The van der Waals surface area contributed by atoms with Gasteiger partial charge in [-0.2, -0.15) is 5.10 Å². The van der Waals surface area contributed by atoms with Gasteiger partial charge in [-0.1, -0.05) is 78.9 Å². The summed E-state index contributed by atoms with van der Waals surface area (Å²) in [6.07, 6.45) is 1.17. The Balaban J connectivity index is 1.78. The fourth-order valence-corrected chi connectivity index (χ4v) is 4.14. The highest BCUT2D eigenvalue weighted by Gasteiger charge is 2.58. The van der Waals surface area contributed by atoms with Gasteiger partial charge in [-0.3, -0.25) is 4.90 Å². The Morgan fingerprint density at radius 3 is 2.21 bits per heavy atom. The molecule has 2 aliphatic heterocycles. The number of esters is 2. The van der Waals surface area contributed by atoms with Crippen LogP contribution in [-0.2, 0) is 24.8 Å². The third kappa shape index (κ3) is 3.43. The number of rotatable bonds is 4. The molecule has 0 unspecified atom stereocenters. The monoisotopic (exact) mass is 439 g/mol. The van der Waals surface area contributed by atoms with E-state index in [0.717, 1.165) is 16.8 Å². The molecule has 0 bridgehead atoms. The van der Waals surface area contributed by atoms with Crippen LogP contribution >= 0.6 is 0 Å². The van der Waals surface area contributed by atoms with Crippen molar-refractivity contribution < 1.29 is 19.1 Å². The Labute approximate surface area is 191 Å². The summed E-state index contributed by atoms with van der Waals surface area (Å²) in [7, 11) is 1.27. The number of carbonyl (C=O) groups is 2. The quantitative estimate of drug-likeness (QED) is 0.457. The molecule has 1 fully saturated rings. The van der Waals surface area contributed by atoms with Gasteiger partial charge in [-0.25, -0.2) is 14.6 Å². The van der Waals surface area contributed by atoms with Crippen LogP contribution in [0, 0.1) is 0 Å². The first-order chi connectivity index (χ1) is 16.1. The lowest BCUT2D eigenvalue weighted by atomic mass is 9.90. The molecule has 0 saturated carbocycles. The van der Waals surface area contributed by atoms with E-state index in [4.69, 9.17) is 14.6 Å². The van der Waals surface area contributed by atoms with E-state index in [9.17, 15) is 9.59 Å². The average molecular weight is 439 g/mol. The first-order valence-corrected chi connectivity index (χ1v) is 10.5. The molecule has 7 nitrogen and oxygen atoms in total. The smallest absolute Gasteiger partial charge is 0.357 e. The van der Waals surface area contributed by atoms with Crippen LogP contribution < -0.4 is 5.01 Å². The number of para-hydroxylation sites is 1. The maximum atomic E-state index is 13.2. The molecule has 33 heavy (non-hydrogen) atoms. The minimum absolute atomic E-state index is 0.106. The SMILES string of the molecule is COC(=O)/C=C1/C(=O)O[C@]2(c3ccccc3)C(c3ccccc3)=NN(c3ccccc3)CN12. The van der Waals surface area contributed by atoms with Crippen molar-refractivity contribution in [3.05, 3.63) is 114 Å². The largest absolute Gasteiger partial charge is 0.466 e. The number of carbonyl (C=O) groups excluding carboxylic acids is 2. The maximum Gasteiger partial charge on any atom is 0.357 e. The summed E-state index contributed by atoms with van der Waals surface area (Å²) in [5.41, 5.74) is 1.65. The minimum atomic E-state index is -1.34. The Hall–Kier alpha value is -4.39. The standard InChI is InChI=1S/C26H21N3O4/c1-32-23(30)17-22-25(31)33-26(20-13-7-3-8-14-20)24(19-11-5-2-6-12-19)27-29(18-28(22)26)21-15-9-4-10-16-21/h2-17H,18H2,1H3/b22-17-/t26-/m1/s1. The van der Waals surface area contributed by atoms with Crippen molar-refractivity contribution in [3.63, 3.8) is 0 Å². The van der Waals surface area contributed by atoms with E-state index in [1.807, 2.05) is 91.0 Å². The van der Waals surface area contributed by atoms with Crippen LogP contribution in [0.1, 0.15) is 11.1 Å². The van der Waals surface area contributed by atoms with E-state index < -0.39 is 17.7 Å². The molecular weight excluding hydrogens is 418 g/mol. The molecule has 0 aromatic heterocycles. The number of anilines is 1. The minimum Gasteiger partial charge on any atom is -0.466 e. The summed E-state index contributed by atoms with van der Waals surface area (Å²) < 4.78 is 10.9. The van der Waals surface area contributed by atoms with Gasteiger partial charge < -0.3 is 9.47 Å². The van der Waals surface area contributed by atoms with Gasteiger partial charge in [0.15, 0.2) is 0 Å². The van der Waals surface area contributed by atoms with Gasteiger partial charge >= 0.3 is 11.9 Å². The summed E-state index contributed by atoms with van der Waals surface area (Å²) >= 11 is 0. The van der Waals surface area contributed by atoms with Crippen molar-refractivity contribution in [2.24, 2.45) is 5.10 Å². The molecule has 0 aliphatic carbocycles. The topological polar surface area (TPSA) is 71.4 Å². The van der Waals surface area contributed by atoms with E-state index >= 15 is 0 Å². The molecule has 0 amide bonds. The molecule has 3 aromatic rings. The highest BCUT2D eigenvalue weighted by atomic mass is 16.6. The normalized spacial score (nSPS) is 20.8. The zero-order valence-electron chi connectivity index (χ0n) is 17.9. The molecular formula is C26H21N3O4. The second-order valence-corrected chi connectivity index (χ2v) is 7.57. The highest BCUT2D eigenvalue weighted by molar-refractivity contribution is 6.12. The molecule has 2 heterocycles. The molecule has 3 aromatic carbocycles. The zero-order chi connectivity index (χ0) is 22.8. The number of methoxy groups -OCH3 is 1. The second-order valence-electron chi connectivity index (χ2n) is 7.57. The van der Waals surface area contributed by atoms with E-state index in [0.29, 0.717) is 5.71 Å². The Kier molecular flexibility index (Phi) is 5.14. The fourth-order valence-electron chi connectivity index (χ4n) is 4.14. The first kappa shape index (κ1) is 20.5. The molecule has 1 saturated heterocycles. The van der Waals surface area contributed by atoms with E-state index in [1.165, 1.54) is 13.2 Å². The average Bonchev–Trinajstić information content (AvgIpc) is 3.16. The summed E-state index contributed by atoms with van der Waals surface area (Å²) in [5.74, 6) is -1.26. The van der Waals surface area contributed by atoms with Gasteiger partial charge in [0.1, 0.15) is 18.1 Å². The van der Waals surface area contributed by atoms with Crippen LogP contribution in [0.3, 0.4) is 0 Å². The van der Waals surface area contributed by atoms with E-state index in [-0.39, 0.29) is 12.4 Å². The zero-order valence-corrected chi connectivity index (χ0v) is 17.9. The van der Waals surface area contributed by atoms with Crippen LogP contribution in [0.5, 0.6) is 0 Å². The Bertz CT molecular complexity index is 1240. The van der Waals surface area contributed by atoms with Crippen LogP contribution in [0.2, 0.25) is 0 Å². The predicted octanol–water partition coefficient (Wildman–Crippen LogP) is 3.64. The molecule has 7 heteroatoms. The van der Waals surface area contributed by atoms with Crippen LogP contribution in [-0.4, -0.2) is 36.3 Å². The Morgan fingerprint density at radius 2 is 1.58 bits per heavy atom. The third-order valence-electron chi connectivity index (χ3n) is 5.66. The lowest BCUT2D eigenvalue weighted by Crippen LogP contribution is -2.56. The number of hydrogen-bond donors (Lipinski definition) is 0. The van der Waals surface area contributed by atoms with Crippen molar-refractivity contribution in [2.45, 2.75) is 5.72 Å². The molecule has 5 rings (SSSR count). The van der Waals surface area contributed by atoms with Crippen LogP contribution in [0.15, 0.2) is 108 Å². The summed E-state index contributed by atoms with van der Waals surface area (Å²) in [5, 5.41) is 6.76. The van der Waals surface area contributed by atoms with Gasteiger partial charge in [0, 0.05) is 11.1 Å².